The summed E-state index contributed by atoms with van der Waals surface area (Å²) < 4.78 is 16.4. The largest absolute Gasteiger partial charge is 0.464 e. The zero-order chi connectivity index (χ0) is 22.2. The maximum Gasteiger partial charge on any atom is 0.340 e. The van der Waals surface area contributed by atoms with Gasteiger partial charge in [0.25, 0.3) is 0 Å². The van der Waals surface area contributed by atoms with Gasteiger partial charge in [0.2, 0.25) is 0 Å². The van der Waals surface area contributed by atoms with Crippen molar-refractivity contribution in [3.63, 3.8) is 0 Å². The van der Waals surface area contributed by atoms with Gasteiger partial charge in [-0.15, -0.1) is 0 Å². The lowest BCUT2D eigenvalue weighted by Crippen LogP contribution is -2.21. The minimum Gasteiger partial charge on any atom is -0.464 e. The highest BCUT2D eigenvalue weighted by atomic mass is 16.7. The standard InChI is InChI=1S/C27H32O4/c1-5-7-10-21-17-22(14-13-19(21)3)24-16-15-20-11-8-9-12-23(20)25(24)26(31-18-29-4)27(28)30-6-2/h8-9,11-17,26H,5-7,10,18H2,1-4H3. The van der Waals surface area contributed by atoms with Gasteiger partial charge in [-0.05, 0) is 59.7 Å². The SMILES string of the molecule is CCCCc1cc(-c2ccc3ccccc3c2C(OCOC)C(=O)OCC)ccc1C. The summed E-state index contributed by atoms with van der Waals surface area (Å²) in [6.45, 7) is 6.45. The van der Waals surface area contributed by atoms with Gasteiger partial charge in [-0.3, -0.25) is 0 Å². The third kappa shape index (κ3) is 5.33. The Morgan fingerprint density at radius 3 is 2.58 bits per heavy atom. The highest BCUT2D eigenvalue weighted by molar-refractivity contribution is 5.96. The Hall–Kier alpha value is -2.69. The third-order valence-electron chi connectivity index (χ3n) is 5.55. The lowest BCUT2D eigenvalue weighted by Gasteiger charge is -2.22. The lowest BCUT2D eigenvalue weighted by molar-refractivity contribution is -0.165. The molecule has 0 spiro atoms. The fraction of sp³-hybridized carbons (Fsp3) is 0.370. The number of methoxy groups -OCH3 is 1. The Labute approximate surface area is 185 Å². The van der Waals surface area contributed by atoms with E-state index in [9.17, 15) is 4.79 Å². The summed E-state index contributed by atoms with van der Waals surface area (Å²) >= 11 is 0. The molecule has 3 aromatic carbocycles. The van der Waals surface area contributed by atoms with Gasteiger partial charge in [0.15, 0.2) is 6.10 Å². The van der Waals surface area contributed by atoms with Gasteiger partial charge in [0.1, 0.15) is 6.79 Å². The molecule has 0 fully saturated rings. The van der Waals surface area contributed by atoms with Gasteiger partial charge < -0.3 is 14.2 Å². The average Bonchev–Trinajstić information content (AvgIpc) is 2.79. The number of unbranched alkanes of at least 4 members (excludes halogenated alkanes) is 1. The Morgan fingerprint density at radius 2 is 1.84 bits per heavy atom. The van der Waals surface area contributed by atoms with Crippen LogP contribution in [0.3, 0.4) is 0 Å². The molecule has 4 heteroatoms. The molecule has 164 valence electrons. The maximum atomic E-state index is 12.9. The minimum absolute atomic E-state index is 0.00178. The van der Waals surface area contributed by atoms with E-state index in [0.717, 1.165) is 46.7 Å². The first kappa shape index (κ1) is 23.0. The number of hydrogen-bond acceptors (Lipinski definition) is 4. The summed E-state index contributed by atoms with van der Waals surface area (Å²) in [7, 11) is 1.55. The summed E-state index contributed by atoms with van der Waals surface area (Å²) in [5.74, 6) is -0.407. The number of benzene rings is 3. The molecule has 0 heterocycles. The molecule has 3 aromatic rings. The summed E-state index contributed by atoms with van der Waals surface area (Å²) in [4.78, 5) is 12.9. The van der Waals surface area contributed by atoms with Crippen LogP contribution in [-0.2, 0) is 25.4 Å². The van der Waals surface area contributed by atoms with E-state index >= 15 is 0 Å². The molecule has 31 heavy (non-hydrogen) atoms. The van der Waals surface area contributed by atoms with Gasteiger partial charge in [0.05, 0.1) is 6.61 Å². The number of fused-ring (bicyclic) bond motifs is 1. The van der Waals surface area contributed by atoms with Crippen LogP contribution < -0.4 is 0 Å². The van der Waals surface area contributed by atoms with Crippen molar-refractivity contribution in [3.05, 3.63) is 71.3 Å². The third-order valence-corrected chi connectivity index (χ3v) is 5.55. The molecule has 0 saturated carbocycles. The number of hydrogen-bond donors (Lipinski definition) is 0. The first-order chi connectivity index (χ1) is 15.1. The fourth-order valence-corrected chi connectivity index (χ4v) is 3.93. The predicted molar refractivity (Wildman–Crippen MR) is 125 cm³/mol. The quantitative estimate of drug-likeness (QED) is 0.282. The van der Waals surface area contributed by atoms with Crippen molar-refractivity contribution in [3.8, 4) is 11.1 Å². The highest BCUT2D eigenvalue weighted by Gasteiger charge is 2.28. The van der Waals surface area contributed by atoms with Crippen LogP contribution in [0.4, 0.5) is 0 Å². The molecule has 0 aliphatic rings. The van der Waals surface area contributed by atoms with E-state index in [1.165, 1.54) is 11.1 Å². The molecule has 0 N–H and O–H groups in total. The van der Waals surface area contributed by atoms with E-state index < -0.39 is 12.1 Å². The average molecular weight is 421 g/mol. The van der Waals surface area contributed by atoms with Crippen molar-refractivity contribution in [2.24, 2.45) is 0 Å². The highest BCUT2D eigenvalue weighted by Crippen LogP contribution is 2.37. The molecule has 4 nitrogen and oxygen atoms in total. The number of esters is 1. The van der Waals surface area contributed by atoms with Gasteiger partial charge in [0, 0.05) is 12.7 Å². The lowest BCUT2D eigenvalue weighted by atomic mass is 9.89. The van der Waals surface area contributed by atoms with Gasteiger partial charge in [-0.1, -0.05) is 67.9 Å². The van der Waals surface area contributed by atoms with Crippen molar-refractivity contribution < 1.29 is 19.0 Å². The number of carbonyl (C=O) groups excluding carboxylic acids is 1. The van der Waals surface area contributed by atoms with Gasteiger partial charge in [-0.25, -0.2) is 4.79 Å². The number of rotatable bonds is 10. The predicted octanol–water partition coefficient (Wildman–Crippen LogP) is 6.38. The molecule has 1 atom stereocenters. The van der Waals surface area contributed by atoms with E-state index in [-0.39, 0.29) is 13.4 Å². The Balaban J connectivity index is 2.21. The Morgan fingerprint density at radius 1 is 1.03 bits per heavy atom. The van der Waals surface area contributed by atoms with E-state index in [1.807, 2.05) is 24.3 Å². The molecule has 0 radical (unpaired) electrons. The summed E-state index contributed by atoms with van der Waals surface area (Å²) in [5, 5.41) is 2.03. The molecular formula is C27H32O4. The second-order valence-electron chi connectivity index (χ2n) is 7.70. The second-order valence-corrected chi connectivity index (χ2v) is 7.70. The first-order valence-corrected chi connectivity index (χ1v) is 11.0. The van der Waals surface area contributed by atoms with Crippen LogP contribution >= 0.6 is 0 Å². The zero-order valence-corrected chi connectivity index (χ0v) is 18.9. The fourth-order valence-electron chi connectivity index (χ4n) is 3.93. The van der Waals surface area contributed by atoms with E-state index in [0.29, 0.717) is 0 Å². The summed E-state index contributed by atoms with van der Waals surface area (Å²) in [6.07, 6.45) is 2.47. The van der Waals surface area contributed by atoms with E-state index in [2.05, 4.69) is 44.2 Å². The first-order valence-electron chi connectivity index (χ1n) is 11.0. The number of aryl methyl sites for hydroxylation is 2. The van der Waals surface area contributed by atoms with Crippen LogP contribution in [0.15, 0.2) is 54.6 Å². The second kappa shape index (κ2) is 11.1. The van der Waals surface area contributed by atoms with Crippen LogP contribution in [-0.4, -0.2) is 26.5 Å². The zero-order valence-electron chi connectivity index (χ0n) is 18.9. The number of carbonyl (C=O) groups is 1. The molecule has 0 bridgehead atoms. The van der Waals surface area contributed by atoms with Crippen LogP contribution in [0.5, 0.6) is 0 Å². The molecular weight excluding hydrogens is 388 g/mol. The van der Waals surface area contributed by atoms with Crippen LogP contribution in [0.25, 0.3) is 21.9 Å². The Bertz CT molecular complexity index is 1020. The van der Waals surface area contributed by atoms with Crippen LogP contribution in [0.2, 0.25) is 0 Å². The van der Waals surface area contributed by atoms with Crippen molar-refractivity contribution >= 4 is 16.7 Å². The molecule has 0 aliphatic heterocycles. The van der Waals surface area contributed by atoms with Gasteiger partial charge >= 0.3 is 5.97 Å². The molecule has 3 rings (SSSR count). The molecule has 0 aliphatic carbocycles. The van der Waals surface area contributed by atoms with Crippen molar-refractivity contribution in [1.29, 1.82) is 0 Å². The monoisotopic (exact) mass is 420 g/mol. The molecule has 0 amide bonds. The molecule has 0 aromatic heterocycles. The van der Waals surface area contributed by atoms with Crippen molar-refractivity contribution in [2.45, 2.75) is 46.1 Å². The summed E-state index contributed by atoms with van der Waals surface area (Å²) in [5.41, 5.74) is 5.50. The minimum atomic E-state index is -0.874. The number of ether oxygens (including phenoxy) is 3. The van der Waals surface area contributed by atoms with Crippen LogP contribution in [0.1, 0.15) is 49.5 Å². The van der Waals surface area contributed by atoms with Crippen molar-refractivity contribution in [1.82, 2.24) is 0 Å². The normalized spacial score (nSPS) is 12.1. The topological polar surface area (TPSA) is 44.8 Å². The maximum absolute atomic E-state index is 12.9. The molecule has 0 saturated heterocycles. The summed E-state index contributed by atoms with van der Waals surface area (Å²) in [6, 6.07) is 18.8. The smallest absolute Gasteiger partial charge is 0.340 e. The van der Waals surface area contributed by atoms with E-state index in [4.69, 9.17) is 14.2 Å². The molecule has 1 unspecified atom stereocenters. The van der Waals surface area contributed by atoms with Crippen molar-refractivity contribution in [2.75, 3.05) is 20.5 Å². The Kier molecular flexibility index (Phi) is 8.21. The van der Waals surface area contributed by atoms with Crippen LogP contribution in [0, 0.1) is 6.92 Å². The van der Waals surface area contributed by atoms with E-state index in [1.54, 1.807) is 14.0 Å². The van der Waals surface area contributed by atoms with Gasteiger partial charge in [-0.2, -0.15) is 0 Å².